The number of piperidine rings is 1. The maximum absolute atomic E-state index is 14.6. The van der Waals surface area contributed by atoms with Gasteiger partial charge in [-0.25, -0.2) is 4.98 Å². The Labute approximate surface area is 241 Å². The van der Waals surface area contributed by atoms with Gasteiger partial charge in [-0.3, -0.25) is 4.79 Å². The fourth-order valence-corrected chi connectivity index (χ4v) is 8.42. The molecular weight excluding hydrogens is 513 g/mol. The van der Waals surface area contributed by atoms with E-state index in [4.69, 9.17) is 0 Å². The quantitative estimate of drug-likeness (QED) is 0.473. The summed E-state index contributed by atoms with van der Waals surface area (Å²) in [6.07, 6.45) is 13.4. The number of hydrogen-bond donors (Lipinski definition) is 1. The molecule has 2 unspecified atom stereocenters. The minimum atomic E-state index is 0. The number of carbonyl (C=O) groups excluding carboxylic acids is 1. The van der Waals surface area contributed by atoms with Gasteiger partial charge in [0.2, 0.25) is 5.91 Å². The van der Waals surface area contributed by atoms with Gasteiger partial charge in [-0.05, 0) is 62.0 Å². The Hall–Kier alpha value is -1.62. The van der Waals surface area contributed by atoms with Crippen molar-refractivity contribution < 1.29 is 39.9 Å². The van der Waals surface area contributed by atoms with Gasteiger partial charge in [0.1, 0.15) is 5.92 Å². The molecule has 2 aromatic rings. The normalized spacial score (nSPS) is 29.3. The van der Waals surface area contributed by atoms with E-state index in [-0.39, 0.29) is 36.1 Å². The molecule has 0 radical (unpaired) electrons. The number of benzene rings is 1. The molecule has 2 aliphatic carbocycles. The van der Waals surface area contributed by atoms with Crippen molar-refractivity contribution in [3.63, 3.8) is 0 Å². The molecule has 3 N–H and O–H groups in total. The van der Waals surface area contributed by atoms with Crippen LogP contribution in [0.2, 0.25) is 0 Å². The molecule has 2 saturated heterocycles. The average Bonchev–Trinajstić information content (AvgIpc) is 3.37. The molecule has 0 bridgehead atoms. The minimum absolute atomic E-state index is 0. The maximum Gasteiger partial charge on any atom is 0.232 e. The first-order valence-corrected chi connectivity index (χ1v) is 14.9. The molecule has 2 aliphatic heterocycles. The number of fused-ring (bicyclic) bond motifs is 2. The highest BCUT2D eigenvalue weighted by Gasteiger charge is 2.56. The van der Waals surface area contributed by atoms with Crippen LogP contribution in [-0.4, -0.2) is 36.5 Å². The van der Waals surface area contributed by atoms with Gasteiger partial charge in [0.05, 0.1) is 18.5 Å². The zero-order valence-corrected chi connectivity index (χ0v) is 24.5. The molecule has 4 aliphatic rings. The first-order valence-electron chi connectivity index (χ1n) is 14.9. The van der Waals surface area contributed by atoms with Gasteiger partial charge < -0.3 is 35.0 Å². The molecule has 4 atom stereocenters. The van der Waals surface area contributed by atoms with E-state index in [1.54, 1.807) is 0 Å². The van der Waals surface area contributed by atoms with Crippen LogP contribution in [0, 0.1) is 11.8 Å². The highest BCUT2D eigenvalue weighted by molar-refractivity contribution is 5.82. The molecule has 3 heterocycles. The highest BCUT2D eigenvalue weighted by Crippen LogP contribution is 2.45. The average molecular weight is 559 g/mol. The van der Waals surface area contributed by atoms with E-state index in [0.29, 0.717) is 23.8 Å². The summed E-state index contributed by atoms with van der Waals surface area (Å²) in [4.78, 5) is 20.8. The topological polar surface area (TPSA) is 51.1 Å². The molecular formula is C32H45Cl2N3O. The lowest BCUT2D eigenvalue weighted by Crippen LogP contribution is -3.00. The number of aromatic amines is 1. The molecule has 4 nitrogen and oxygen atoms in total. The molecule has 1 aromatic heterocycles. The Bertz CT molecular complexity index is 1070. The second kappa shape index (κ2) is 12.7. The number of H-pyrrole nitrogens is 1. The number of amides is 1. The Morgan fingerprint density at radius 3 is 2.58 bits per heavy atom. The van der Waals surface area contributed by atoms with E-state index >= 15 is 0 Å². The number of halogens is 2. The SMILES string of the molecule is CCc1ccc2c([nH+]1)CCCC21C[NH2+]CC1C(=O)N1CC[C@@H](c2ccccc2)C[C@H]1C1CCCCC1.[Cl-].[Cl-]. The summed E-state index contributed by atoms with van der Waals surface area (Å²) in [5, 5.41) is 2.44. The summed E-state index contributed by atoms with van der Waals surface area (Å²) >= 11 is 0. The number of nitrogens with two attached hydrogens (primary N) is 1. The van der Waals surface area contributed by atoms with Crippen molar-refractivity contribution in [2.45, 2.75) is 94.9 Å². The number of likely N-dealkylation sites (tertiary alicyclic amines) is 1. The number of nitrogens with zero attached hydrogens (tertiary/aromatic N) is 1. The van der Waals surface area contributed by atoms with Crippen molar-refractivity contribution in [2.24, 2.45) is 11.8 Å². The third-order valence-electron chi connectivity index (χ3n) is 10.3. The fraction of sp³-hybridized carbons (Fsp3) is 0.625. The Kier molecular flexibility index (Phi) is 9.82. The van der Waals surface area contributed by atoms with Crippen LogP contribution in [-0.2, 0) is 23.1 Å². The summed E-state index contributed by atoms with van der Waals surface area (Å²) < 4.78 is 0. The Balaban J connectivity index is 0.00000168. The molecule has 1 amide bonds. The predicted octanol–water partition coefficient (Wildman–Crippen LogP) is -1.81. The van der Waals surface area contributed by atoms with Crippen molar-refractivity contribution in [1.29, 1.82) is 0 Å². The standard InChI is InChI=1S/C32H43N3O.2ClH/c1-2-26-15-16-27-29(34-26)14-9-18-32(27)22-33-21-28(32)31(36)35-19-17-25(23-10-5-3-6-11-23)20-30(35)24-12-7-4-8-13-24;;/h3,5-6,10-11,15-16,24-25,28,30,33H,2,4,7-9,12-14,17-22H2,1H3;2*1H/t25-,28?,30+,32?;;/m1../s1. The number of aromatic nitrogens is 1. The molecule has 6 heteroatoms. The zero-order chi connectivity index (χ0) is 24.5. The van der Waals surface area contributed by atoms with Gasteiger partial charge in [-0.15, -0.1) is 0 Å². The van der Waals surface area contributed by atoms with Crippen LogP contribution in [0.25, 0.3) is 0 Å². The molecule has 1 spiro atoms. The molecule has 3 fully saturated rings. The molecule has 1 saturated carbocycles. The van der Waals surface area contributed by atoms with Gasteiger partial charge in [0.15, 0.2) is 11.4 Å². The van der Waals surface area contributed by atoms with Crippen molar-refractivity contribution in [1.82, 2.24) is 4.90 Å². The first-order chi connectivity index (χ1) is 17.7. The van der Waals surface area contributed by atoms with Crippen LogP contribution in [0.1, 0.15) is 93.1 Å². The lowest BCUT2D eigenvalue weighted by atomic mass is 9.64. The summed E-state index contributed by atoms with van der Waals surface area (Å²) in [6, 6.07) is 16.2. The second-order valence-electron chi connectivity index (χ2n) is 12.1. The number of quaternary nitrogens is 1. The summed E-state index contributed by atoms with van der Waals surface area (Å²) in [5.74, 6) is 1.84. The largest absolute Gasteiger partial charge is 1.00 e. The van der Waals surface area contributed by atoms with Crippen LogP contribution in [0.3, 0.4) is 0 Å². The van der Waals surface area contributed by atoms with E-state index in [9.17, 15) is 4.79 Å². The molecule has 208 valence electrons. The first kappa shape index (κ1) is 29.4. The van der Waals surface area contributed by atoms with Gasteiger partial charge in [-0.2, -0.15) is 0 Å². The summed E-state index contributed by atoms with van der Waals surface area (Å²) in [5.41, 5.74) is 5.64. The monoisotopic (exact) mass is 557 g/mol. The molecule has 6 rings (SSSR count). The lowest BCUT2D eigenvalue weighted by Gasteiger charge is -2.47. The number of rotatable bonds is 4. The van der Waals surface area contributed by atoms with Crippen molar-refractivity contribution in [3.8, 4) is 0 Å². The summed E-state index contributed by atoms with van der Waals surface area (Å²) in [7, 11) is 0. The van der Waals surface area contributed by atoms with E-state index in [1.165, 1.54) is 61.0 Å². The second-order valence-corrected chi connectivity index (χ2v) is 12.1. The van der Waals surface area contributed by atoms with Crippen LogP contribution in [0.4, 0.5) is 0 Å². The number of pyridine rings is 1. The van der Waals surface area contributed by atoms with Crippen LogP contribution < -0.4 is 35.1 Å². The van der Waals surface area contributed by atoms with E-state index < -0.39 is 0 Å². The third-order valence-corrected chi connectivity index (χ3v) is 10.3. The van der Waals surface area contributed by atoms with E-state index in [2.05, 4.69) is 64.6 Å². The highest BCUT2D eigenvalue weighted by atomic mass is 35.5. The van der Waals surface area contributed by atoms with E-state index in [0.717, 1.165) is 51.7 Å². The Morgan fingerprint density at radius 1 is 1.03 bits per heavy atom. The third kappa shape index (κ3) is 5.38. The number of hydrogen-bond acceptors (Lipinski definition) is 1. The summed E-state index contributed by atoms with van der Waals surface area (Å²) in [6.45, 7) is 5.16. The Morgan fingerprint density at radius 2 is 1.82 bits per heavy atom. The molecule has 1 aromatic carbocycles. The maximum atomic E-state index is 14.6. The van der Waals surface area contributed by atoms with Gasteiger partial charge in [-0.1, -0.05) is 56.5 Å². The van der Waals surface area contributed by atoms with Crippen LogP contribution >= 0.6 is 0 Å². The van der Waals surface area contributed by atoms with Crippen LogP contribution in [0.15, 0.2) is 42.5 Å². The minimum Gasteiger partial charge on any atom is -1.00 e. The van der Waals surface area contributed by atoms with Crippen molar-refractivity contribution in [3.05, 3.63) is 65.0 Å². The van der Waals surface area contributed by atoms with Crippen LogP contribution in [0.5, 0.6) is 0 Å². The predicted molar refractivity (Wildman–Crippen MR) is 143 cm³/mol. The number of carbonyl (C=O) groups is 1. The lowest BCUT2D eigenvalue weighted by molar-refractivity contribution is -0.640. The fourth-order valence-electron chi connectivity index (χ4n) is 8.42. The molecule has 38 heavy (non-hydrogen) atoms. The number of aryl methyl sites for hydroxylation is 2. The van der Waals surface area contributed by atoms with Crippen molar-refractivity contribution >= 4 is 5.91 Å². The van der Waals surface area contributed by atoms with Gasteiger partial charge >= 0.3 is 0 Å². The smallest absolute Gasteiger partial charge is 0.232 e. The zero-order valence-electron chi connectivity index (χ0n) is 22.9. The van der Waals surface area contributed by atoms with Crippen molar-refractivity contribution in [2.75, 3.05) is 19.6 Å². The number of nitrogens with one attached hydrogen (secondary N) is 1. The van der Waals surface area contributed by atoms with Gasteiger partial charge in [0, 0.05) is 37.1 Å². The van der Waals surface area contributed by atoms with E-state index in [1.807, 2.05) is 0 Å². The van der Waals surface area contributed by atoms with Gasteiger partial charge in [0.25, 0.3) is 0 Å².